The highest BCUT2D eigenvalue weighted by molar-refractivity contribution is 8.18. The van der Waals surface area contributed by atoms with Crippen LogP contribution in [0.1, 0.15) is 29.8 Å². The molecule has 0 aliphatic carbocycles. The van der Waals surface area contributed by atoms with Crippen molar-refractivity contribution in [3.8, 4) is 5.69 Å². The molecule has 162 valence electrons. The molecule has 6 nitrogen and oxygen atoms in total. The molecule has 0 atom stereocenters. The van der Waals surface area contributed by atoms with E-state index in [-0.39, 0.29) is 12.5 Å². The molecule has 9 heteroatoms. The summed E-state index contributed by atoms with van der Waals surface area (Å²) in [6, 6.07) is 7.35. The number of likely N-dealkylation sites (tertiary alicyclic amines) is 1. The number of benzene rings is 1. The van der Waals surface area contributed by atoms with Crippen LogP contribution in [-0.4, -0.2) is 51.1 Å². The molecule has 1 aromatic heterocycles. The number of aromatic nitrogens is 1. The van der Waals surface area contributed by atoms with Crippen LogP contribution in [0.5, 0.6) is 0 Å². The van der Waals surface area contributed by atoms with Crippen LogP contribution >= 0.6 is 35.0 Å². The molecule has 0 N–H and O–H groups in total. The Kier molecular flexibility index (Phi) is 6.19. The van der Waals surface area contributed by atoms with Crippen molar-refractivity contribution in [2.45, 2.75) is 26.7 Å². The Hall–Kier alpha value is -2.22. The van der Waals surface area contributed by atoms with Crippen LogP contribution in [0.4, 0.5) is 4.79 Å². The molecule has 1 aromatic carbocycles. The molecule has 2 saturated heterocycles. The molecule has 3 amide bonds. The first-order chi connectivity index (χ1) is 14.8. The largest absolute Gasteiger partial charge is 0.341 e. The van der Waals surface area contributed by atoms with E-state index in [2.05, 4.69) is 0 Å². The Bertz CT molecular complexity index is 1120. The van der Waals surface area contributed by atoms with Gasteiger partial charge in [-0.1, -0.05) is 29.3 Å². The van der Waals surface area contributed by atoms with Crippen LogP contribution in [0.3, 0.4) is 0 Å². The normalized spacial score (nSPS) is 18.0. The van der Waals surface area contributed by atoms with Crippen molar-refractivity contribution in [1.29, 1.82) is 0 Å². The standard InChI is InChI=1S/C22H21Cl2N3O3S/c1-13-10-15(14(2)27(13)17-7-5-6-16(23)20(17)24)11-18-21(29)26(22(30)31-18)12-19(28)25-8-3-4-9-25/h5-7,10-11H,3-4,8-9,12H2,1-2H3. The van der Waals surface area contributed by atoms with Crippen molar-refractivity contribution in [3.05, 3.63) is 56.2 Å². The summed E-state index contributed by atoms with van der Waals surface area (Å²) < 4.78 is 1.96. The minimum absolute atomic E-state index is 0.185. The molecule has 0 spiro atoms. The highest BCUT2D eigenvalue weighted by Crippen LogP contribution is 2.35. The first-order valence-corrected chi connectivity index (χ1v) is 11.5. The Morgan fingerprint density at radius 3 is 2.58 bits per heavy atom. The number of halogens is 2. The van der Waals surface area contributed by atoms with Crippen molar-refractivity contribution in [2.24, 2.45) is 0 Å². The first-order valence-electron chi connectivity index (χ1n) is 9.94. The third-order valence-corrected chi connectivity index (χ3v) is 7.27. The van der Waals surface area contributed by atoms with E-state index in [1.54, 1.807) is 17.0 Å². The lowest BCUT2D eigenvalue weighted by molar-refractivity contribution is -0.135. The summed E-state index contributed by atoms with van der Waals surface area (Å²) in [6.45, 7) is 5.00. The second-order valence-electron chi connectivity index (χ2n) is 7.59. The Morgan fingerprint density at radius 2 is 1.87 bits per heavy atom. The van der Waals surface area contributed by atoms with Crippen molar-refractivity contribution in [3.63, 3.8) is 0 Å². The zero-order valence-corrected chi connectivity index (χ0v) is 19.5. The molecular weight excluding hydrogens is 457 g/mol. The molecule has 2 aliphatic rings. The molecule has 0 radical (unpaired) electrons. The lowest BCUT2D eigenvalue weighted by atomic mass is 10.2. The molecule has 0 saturated carbocycles. The second kappa shape index (κ2) is 8.73. The van der Waals surface area contributed by atoms with Crippen molar-refractivity contribution >= 4 is 58.1 Å². The predicted octanol–water partition coefficient (Wildman–Crippen LogP) is 5.06. The molecule has 0 bridgehead atoms. The summed E-state index contributed by atoms with van der Waals surface area (Å²) in [5.41, 5.74) is 3.32. The van der Waals surface area contributed by atoms with Gasteiger partial charge in [-0.3, -0.25) is 19.3 Å². The number of carbonyl (C=O) groups is 3. The fourth-order valence-electron chi connectivity index (χ4n) is 3.95. The van der Waals surface area contributed by atoms with Gasteiger partial charge in [0.25, 0.3) is 11.1 Å². The van der Waals surface area contributed by atoms with E-state index < -0.39 is 11.1 Å². The number of thioether (sulfide) groups is 1. The first kappa shape index (κ1) is 22.0. The van der Waals surface area contributed by atoms with Gasteiger partial charge in [-0.25, -0.2) is 0 Å². The molecule has 2 aliphatic heterocycles. The molecule has 2 fully saturated rings. The van der Waals surface area contributed by atoms with Gasteiger partial charge in [-0.15, -0.1) is 0 Å². The van der Waals surface area contributed by atoms with Crippen molar-refractivity contribution < 1.29 is 14.4 Å². The van der Waals surface area contributed by atoms with Crippen molar-refractivity contribution in [2.75, 3.05) is 19.6 Å². The van der Waals surface area contributed by atoms with Gasteiger partial charge in [-0.05, 0) is 68.3 Å². The van der Waals surface area contributed by atoms with Gasteiger partial charge in [0.05, 0.1) is 20.6 Å². The van der Waals surface area contributed by atoms with Gasteiger partial charge in [0, 0.05) is 24.5 Å². The van der Waals surface area contributed by atoms with E-state index in [0.717, 1.165) is 52.1 Å². The number of nitrogens with zero attached hydrogens (tertiary/aromatic N) is 3. The summed E-state index contributed by atoms with van der Waals surface area (Å²) in [6.07, 6.45) is 3.61. The van der Waals surface area contributed by atoms with Crippen molar-refractivity contribution in [1.82, 2.24) is 14.4 Å². The Morgan fingerprint density at radius 1 is 1.16 bits per heavy atom. The number of hydrogen-bond acceptors (Lipinski definition) is 4. The molecule has 2 aromatic rings. The van der Waals surface area contributed by atoms with Crippen LogP contribution in [0.25, 0.3) is 11.8 Å². The van der Waals surface area contributed by atoms with Gasteiger partial charge in [-0.2, -0.15) is 0 Å². The molecule has 0 unspecified atom stereocenters. The summed E-state index contributed by atoms with van der Waals surface area (Å²) in [5, 5.41) is 0.478. The van der Waals surface area contributed by atoms with Crippen LogP contribution in [0.2, 0.25) is 10.0 Å². The van der Waals surface area contributed by atoms with E-state index >= 15 is 0 Å². The van der Waals surface area contributed by atoms with Gasteiger partial charge < -0.3 is 9.47 Å². The third-order valence-electron chi connectivity index (χ3n) is 5.55. The fraction of sp³-hybridized carbons (Fsp3) is 0.318. The fourth-order valence-corrected chi connectivity index (χ4v) is 5.16. The summed E-state index contributed by atoms with van der Waals surface area (Å²) in [7, 11) is 0. The monoisotopic (exact) mass is 477 g/mol. The molecule has 4 rings (SSSR count). The minimum Gasteiger partial charge on any atom is -0.341 e. The SMILES string of the molecule is Cc1cc(C=C2SC(=O)N(CC(=O)N3CCCC3)C2=O)c(C)n1-c1cccc(Cl)c1Cl. The Labute approximate surface area is 194 Å². The average Bonchev–Trinajstić information content (AvgIpc) is 3.42. The quantitative estimate of drug-likeness (QED) is 0.577. The van der Waals surface area contributed by atoms with E-state index in [1.165, 1.54) is 0 Å². The lowest BCUT2D eigenvalue weighted by Gasteiger charge is -2.18. The van der Waals surface area contributed by atoms with E-state index in [4.69, 9.17) is 23.2 Å². The van der Waals surface area contributed by atoms with E-state index in [0.29, 0.717) is 28.0 Å². The average molecular weight is 478 g/mol. The third kappa shape index (κ3) is 4.14. The second-order valence-corrected chi connectivity index (χ2v) is 9.37. The van der Waals surface area contributed by atoms with Gasteiger partial charge >= 0.3 is 0 Å². The maximum Gasteiger partial charge on any atom is 0.294 e. The molecule has 3 heterocycles. The Balaban J connectivity index is 1.60. The number of rotatable bonds is 4. The number of carbonyl (C=O) groups excluding carboxylic acids is 3. The highest BCUT2D eigenvalue weighted by Gasteiger charge is 2.37. The van der Waals surface area contributed by atoms with Crippen LogP contribution < -0.4 is 0 Å². The van der Waals surface area contributed by atoms with Gasteiger partial charge in [0.15, 0.2) is 0 Å². The zero-order chi connectivity index (χ0) is 22.3. The highest BCUT2D eigenvalue weighted by atomic mass is 35.5. The zero-order valence-electron chi connectivity index (χ0n) is 17.2. The number of imide groups is 1. The summed E-state index contributed by atoms with van der Waals surface area (Å²) in [5.74, 6) is -0.622. The van der Waals surface area contributed by atoms with Gasteiger partial charge in [0.2, 0.25) is 5.91 Å². The molecule has 31 heavy (non-hydrogen) atoms. The number of hydrogen-bond donors (Lipinski definition) is 0. The summed E-state index contributed by atoms with van der Waals surface area (Å²) >= 11 is 13.4. The minimum atomic E-state index is -0.437. The van der Waals surface area contributed by atoms with Crippen LogP contribution in [0, 0.1) is 13.8 Å². The summed E-state index contributed by atoms with van der Waals surface area (Å²) in [4.78, 5) is 40.7. The maximum absolute atomic E-state index is 12.8. The maximum atomic E-state index is 12.8. The van der Waals surface area contributed by atoms with E-state index in [1.807, 2.05) is 36.6 Å². The number of amides is 3. The number of aryl methyl sites for hydroxylation is 1. The van der Waals surface area contributed by atoms with Crippen LogP contribution in [-0.2, 0) is 9.59 Å². The van der Waals surface area contributed by atoms with E-state index in [9.17, 15) is 14.4 Å². The smallest absolute Gasteiger partial charge is 0.294 e. The lowest BCUT2D eigenvalue weighted by Crippen LogP contribution is -2.40. The van der Waals surface area contributed by atoms with Gasteiger partial charge in [0.1, 0.15) is 6.54 Å². The topological polar surface area (TPSA) is 62.6 Å². The predicted molar refractivity (Wildman–Crippen MR) is 124 cm³/mol. The molecular formula is C22H21Cl2N3O3S. The van der Waals surface area contributed by atoms with Crippen LogP contribution in [0.15, 0.2) is 29.2 Å².